The number of nitrogens with zero attached hydrogens (tertiary/aromatic N) is 1. The van der Waals surface area contributed by atoms with Crippen LogP contribution in [0.3, 0.4) is 0 Å². The largest absolute Gasteiger partial charge is 0.213 e. The van der Waals surface area contributed by atoms with Crippen LogP contribution in [0.2, 0.25) is 5.02 Å². The summed E-state index contributed by atoms with van der Waals surface area (Å²) in [5.41, 5.74) is 0.524. The van der Waals surface area contributed by atoms with E-state index in [-0.39, 0.29) is 0 Å². The molecule has 0 saturated carbocycles. The number of hydrogen-bond donors (Lipinski definition) is 1. The molecule has 0 aliphatic heterocycles. The minimum Gasteiger partial charge on any atom is -0.213 e. The van der Waals surface area contributed by atoms with Crippen molar-refractivity contribution in [2.75, 3.05) is 6.26 Å². The summed E-state index contributed by atoms with van der Waals surface area (Å²) in [6.07, 6.45) is 1.00. The topological polar surface area (TPSA) is 70.0 Å². The minimum atomic E-state index is -3.41. The molecule has 1 unspecified atom stereocenters. The molecule has 1 aromatic carbocycles. The van der Waals surface area contributed by atoms with Gasteiger partial charge in [0.2, 0.25) is 10.0 Å². The van der Waals surface area contributed by atoms with Crippen molar-refractivity contribution in [3.05, 3.63) is 34.9 Å². The van der Waals surface area contributed by atoms with Crippen LogP contribution in [0.4, 0.5) is 0 Å². The molecule has 4 nitrogen and oxygen atoms in total. The quantitative estimate of drug-likeness (QED) is 0.875. The predicted molar refractivity (Wildman–Crippen MR) is 57.8 cm³/mol. The highest BCUT2D eigenvalue weighted by atomic mass is 35.5. The van der Waals surface area contributed by atoms with Gasteiger partial charge < -0.3 is 0 Å². The van der Waals surface area contributed by atoms with Crippen LogP contribution in [0, 0.1) is 11.3 Å². The van der Waals surface area contributed by atoms with Crippen LogP contribution in [-0.4, -0.2) is 14.7 Å². The fraction of sp³-hybridized carbons (Fsp3) is 0.222. The zero-order chi connectivity index (χ0) is 11.5. The highest BCUT2D eigenvalue weighted by Crippen LogP contribution is 2.17. The van der Waals surface area contributed by atoms with Gasteiger partial charge >= 0.3 is 0 Å². The molecule has 0 aliphatic carbocycles. The van der Waals surface area contributed by atoms with Crippen molar-refractivity contribution >= 4 is 21.6 Å². The van der Waals surface area contributed by atoms with Gasteiger partial charge in [0.1, 0.15) is 6.04 Å². The van der Waals surface area contributed by atoms with E-state index in [4.69, 9.17) is 16.9 Å². The van der Waals surface area contributed by atoms with Gasteiger partial charge in [-0.1, -0.05) is 23.7 Å². The van der Waals surface area contributed by atoms with Crippen LogP contribution >= 0.6 is 11.6 Å². The lowest BCUT2D eigenvalue weighted by Crippen LogP contribution is -2.26. The van der Waals surface area contributed by atoms with Crippen LogP contribution in [0.15, 0.2) is 24.3 Å². The van der Waals surface area contributed by atoms with E-state index in [2.05, 4.69) is 4.72 Å². The molecule has 0 radical (unpaired) electrons. The van der Waals surface area contributed by atoms with Crippen molar-refractivity contribution in [2.24, 2.45) is 0 Å². The zero-order valence-electron chi connectivity index (χ0n) is 7.94. The maximum atomic E-state index is 11.0. The summed E-state index contributed by atoms with van der Waals surface area (Å²) in [7, 11) is -3.41. The second-order valence-electron chi connectivity index (χ2n) is 3.01. The predicted octanol–water partition coefficient (Wildman–Crippen LogP) is 1.45. The minimum absolute atomic E-state index is 0.461. The number of hydrogen-bond acceptors (Lipinski definition) is 3. The molecule has 80 valence electrons. The molecule has 0 aliphatic rings. The average Bonchev–Trinajstić information content (AvgIpc) is 2.13. The van der Waals surface area contributed by atoms with E-state index in [1.54, 1.807) is 24.3 Å². The standard InChI is InChI=1S/C9H9ClN2O2S/c1-15(13,14)12-9(6-11)7-3-2-4-8(10)5-7/h2-5,9,12H,1H3. The Morgan fingerprint density at radius 1 is 1.53 bits per heavy atom. The monoisotopic (exact) mass is 244 g/mol. The number of nitrogens with one attached hydrogen (secondary N) is 1. The molecule has 0 aromatic heterocycles. The first-order valence-electron chi connectivity index (χ1n) is 4.05. The van der Waals surface area contributed by atoms with Crippen LogP contribution in [0.5, 0.6) is 0 Å². The van der Waals surface area contributed by atoms with Crippen molar-refractivity contribution in [1.29, 1.82) is 5.26 Å². The van der Waals surface area contributed by atoms with Gasteiger partial charge in [0.15, 0.2) is 0 Å². The highest BCUT2D eigenvalue weighted by molar-refractivity contribution is 7.88. The Kier molecular flexibility index (Phi) is 3.69. The molecular formula is C9H9ClN2O2S. The Labute approximate surface area is 93.5 Å². The Morgan fingerprint density at radius 3 is 2.67 bits per heavy atom. The summed E-state index contributed by atoms with van der Waals surface area (Å²) >= 11 is 5.73. The Hall–Kier alpha value is -1.09. The lowest BCUT2D eigenvalue weighted by molar-refractivity contribution is 0.582. The van der Waals surface area contributed by atoms with E-state index in [0.29, 0.717) is 10.6 Å². The number of sulfonamides is 1. The summed E-state index contributed by atoms with van der Waals surface area (Å²) in [6.45, 7) is 0. The van der Waals surface area contributed by atoms with Gasteiger partial charge in [-0.15, -0.1) is 0 Å². The molecule has 0 bridgehead atoms. The third-order valence-electron chi connectivity index (χ3n) is 1.64. The van der Waals surface area contributed by atoms with Crippen LogP contribution in [0.25, 0.3) is 0 Å². The molecular weight excluding hydrogens is 236 g/mol. The van der Waals surface area contributed by atoms with Gasteiger partial charge in [-0.3, -0.25) is 0 Å². The van der Waals surface area contributed by atoms with E-state index < -0.39 is 16.1 Å². The molecule has 1 atom stereocenters. The summed E-state index contributed by atoms with van der Waals surface area (Å²) in [4.78, 5) is 0. The molecule has 1 aromatic rings. The van der Waals surface area contributed by atoms with E-state index >= 15 is 0 Å². The molecule has 0 heterocycles. The molecule has 0 saturated heterocycles. The lowest BCUT2D eigenvalue weighted by atomic mass is 10.1. The number of halogens is 1. The van der Waals surface area contributed by atoms with Gasteiger partial charge in [-0.05, 0) is 17.7 Å². The second-order valence-corrected chi connectivity index (χ2v) is 5.22. The van der Waals surface area contributed by atoms with E-state index in [0.717, 1.165) is 6.26 Å². The molecule has 0 amide bonds. The molecule has 0 spiro atoms. The second kappa shape index (κ2) is 4.62. The number of rotatable bonds is 3. The van der Waals surface area contributed by atoms with Gasteiger partial charge in [0, 0.05) is 5.02 Å². The number of benzene rings is 1. The summed E-state index contributed by atoms with van der Waals surface area (Å²) in [6, 6.07) is 7.45. The maximum Gasteiger partial charge on any atom is 0.210 e. The van der Waals surface area contributed by atoms with E-state index in [1.807, 2.05) is 6.07 Å². The van der Waals surface area contributed by atoms with Gasteiger partial charge in [-0.2, -0.15) is 9.98 Å². The first kappa shape index (κ1) is 12.0. The van der Waals surface area contributed by atoms with Crippen LogP contribution in [0.1, 0.15) is 11.6 Å². The summed E-state index contributed by atoms with van der Waals surface area (Å²) in [5.74, 6) is 0. The number of nitriles is 1. The van der Waals surface area contributed by atoms with E-state index in [1.165, 1.54) is 0 Å². The Bertz CT molecular complexity index is 493. The van der Waals surface area contributed by atoms with Crippen LogP contribution < -0.4 is 4.72 Å². The van der Waals surface area contributed by atoms with Crippen molar-refractivity contribution in [3.8, 4) is 6.07 Å². The average molecular weight is 245 g/mol. The smallest absolute Gasteiger partial charge is 0.210 e. The zero-order valence-corrected chi connectivity index (χ0v) is 9.51. The lowest BCUT2D eigenvalue weighted by Gasteiger charge is -2.09. The maximum absolute atomic E-state index is 11.0. The summed E-state index contributed by atoms with van der Waals surface area (Å²) < 4.78 is 24.1. The van der Waals surface area contributed by atoms with Crippen molar-refractivity contribution < 1.29 is 8.42 Å². The van der Waals surface area contributed by atoms with Gasteiger partial charge in [-0.25, -0.2) is 8.42 Å². The van der Waals surface area contributed by atoms with Gasteiger partial charge in [0.25, 0.3) is 0 Å². The molecule has 6 heteroatoms. The third-order valence-corrected chi connectivity index (χ3v) is 2.54. The highest BCUT2D eigenvalue weighted by Gasteiger charge is 2.15. The third kappa shape index (κ3) is 3.88. The van der Waals surface area contributed by atoms with E-state index in [9.17, 15) is 8.42 Å². The van der Waals surface area contributed by atoms with Crippen molar-refractivity contribution in [3.63, 3.8) is 0 Å². The van der Waals surface area contributed by atoms with Crippen LogP contribution in [-0.2, 0) is 10.0 Å². The fourth-order valence-corrected chi connectivity index (χ4v) is 1.88. The molecule has 15 heavy (non-hydrogen) atoms. The van der Waals surface area contributed by atoms with Crippen molar-refractivity contribution in [2.45, 2.75) is 6.04 Å². The molecule has 1 N–H and O–H groups in total. The Morgan fingerprint density at radius 2 is 2.20 bits per heavy atom. The molecule has 1 rings (SSSR count). The van der Waals surface area contributed by atoms with Crippen molar-refractivity contribution in [1.82, 2.24) is 4.72 Å². The van der Waals surface area contributed by atoms with Gasteiger partial charge in [0.05, 0.1) is 12.3 Å². The first-order valence-corrected chi connectivity index (χ1v) is 6.32. The normalized spacial score (nSPS) is 13.1. The first-order chi connectivity index (χ1) is 6.92. The fourth-order valence-electron chi connectivity index (χ4n) is 1.07. The molecule has 0 fully saturated rings. The summed E-state index contributed by atoms with van der Waals surface area (Å²) in [5, 5.41) is 9.27. The SMILES string of the molecule is CS(=O)(=O)NC(C#N)c1cccc(Cl)c1. The Balaban J connectivity index is 3.00.